The van der Waals surface area contributed by atoms with Crippen molar-refractivity contribution in [2.45, 2.75) is 26.2 Å². The van der Waals surface area contributed by atoms with Gasteiger partial charge in [0.1, 0.15) is 11.6 Å². The molecule has 0 bridgehead atoms. The van der Waals surface area contributed by atoms with Crippen LogP contribution in [0.25, 0.3) is 5.69 Å². The van der Waals surface area contributed by atoms with Gasteiger partial charge in [0, 0.05) is 21.6 Å². The Balaban J connectivity index is 1.88. The van der Waals surface area contributed by atoms with Gasteiger partial charge in [-0.05, 0) is 48.5 Å². The van der Waals surface area contributed by atoms with Crippen LogP contribution in [0.3, 0.4) is 0 Å². The molecule has 0 aliphatic heterocycles. The molecular formula is C21H23BrN4O2. The summed E-state index contributed by atoms with van der Waals surface area (Å²) in [6, 6.07) is 16.5. The monoisotopic (exact) mass is 442 g/mol. The second kappa shape index (κ2) is 8.06. The van der Waals surface area contributed by atoms with Gasteiger partial charge in [0.15, 0.2) is 0 Å². The highest BCUT2D eigenvalue weighted by Gasteiger charge is 2.21. The van der Waals surface area contributed by atoms with Crippen LogP contribution in [0.5, 0.6) is 5.75 Å². The summed E-state index contributed by atoms with van der Waals surface area (Å²) < 4.78 is 7.89. The van der Waals surface area contributed by atoms with Crippen molar-refractivity contribution in [3.8, 4) is 11.4 Å². The summed E-state index contributed by atoms with van der Waals surface area (Å²) in [5.41, 5.74) is 2.25. The molecule has 0 saturated carbocycles. The van der Waals surface area contributed by atoms with E-state index in [4.69, 9.17) is 9.84 Å². The van der Waals surface area contributed by atoms with Crippen LogP contribution < -0.4 is 15.4 Å². The van der Waals surface area contributed by atoms with Crippen LogP contribution in [0.2, 0.25) is 0 Å². The molecule has 0 saturated heterocycles. The first-order valence-electron chi connectivity index (χ1n) is 8.85. The van der Waals surface area contributed by atoms with Crippen molar-refractivity contribution in [1.29, 1.82) is 0 Å². The summed E-state index contributed by atoms with van der Waals surface area (Å²) >= 11 is 3.38. The van der Waals surface area contributed by atoms with E-state index in [-0.39, 0.29) is 11.4 Å². The van der Waals surface area contributed by atoms with E-state index in [1.165, 1.54) is 0 Å². The van der Waals surface area contributed by atoms with Gasteiger partial charge in [0.05, 0.1) is 18.5 Å². The van der Waals surface area contributed by atoms with E-state index < -0.39 is 0 Å². The highest BCUT2D eigenvalue weighted by atomic mass is 79.9. The van der Waals surface area contributed by atoms with E-state index in [0.29, 0.717) is 11.5 Å². The van der Waals surface area contributed by atoms with Crippen LogP contribution in [0.4, 0.5) is 16.3 Å². The van der Waals surface area contributed by atoms with Gasteiger partial charge in [0.25, 0.3) is 0 Å². The largest absolute Gasteiger partial charge is 0.497 e. The Morgan fingerprint density at radius 1 is 1.04 bits per heavy atom. The average molecular weight is 443 g/mol. The fourth-order valence-corrected chi connectivity index (χ4v) is 2.83. The van der Waals surface area contributed by atoms with Crippen molar-refractivity contribution < 1.29 is 9.53 Å². The lowest BCUT2D eigenvalue weighted by Crippen LogP contribution is -2.21. The first kappa shape index (κ1) is 19.9. The molecule has 28 heavy (non-hydrogen) atoms. The number of rotatable bonds is 4. The zero-order chi connectivity index (χ0) is 20.3. The number of methoxy groups -OCH3 is 1. The molecule has 0 aliphatic carbocycles. The number of urea groups is 1. The number of benzene rings is 2. The fourth-order valence-electron chi connectivity index (χ4n) is 2.57. The third-order valence-electron chi connectivity index (χ3n) is 4.14. The van der Waals surface area contributed by atoms with Gasteiger partial charge in [0.2, 0.25) is 0 Å². The van der Waals surface area contributed by atoms with E-state index in [9.17, 15) is 4.79 Å². The van der Waals surface area contributed by atoms with E-state index in [0.717, 1.165) is 21.6 Å². The summed E-state index contributed by atoms with van der Waals surface area (Å²) in [4.78, 5) is 12.5. The average Bonchev–Trinajstić information content (AvgIpc) is 3.08. The highest BCUT2D eigenvalue weighted by Crippen LogP contribution is 2.27. The van der Waals surface area contributed by atoms with E-state index in [1.54, 1.807) is 11.8 Å². The second-order valence-electron chi connectivity index (χ2n) is 7.36. The van der Waals surface area contributed by atoms with E-state index in [2.05, 4.69) is 47.3 Å². The molecule has 3 rings (SSSR count). The topological polar surface area (TPSA) is 68.2 Å². The minimum Gasteiger partial charge on any atom is -0.497 e. The predicted octanol–water partition coefficient (Wildman–Crippen LogP) is 5.58. The summed E-state index contributed by atoms with van der Waals surface area (Å²) in [6.45, 7) is 6.25. The number of carbonyl (C=O) groups is 1. The van der Waals surface area contributed by atoms with Gasteiger partial charge >= 0.3 is 6.03 Å². The molecule has 146 valence electrons. The Morgan fingerprint density at radius 2 is 1.68 bits per heavy atom. The number of halogens is 1. The van der Waals surface area contributed by atoms with Crippen molar-refractivity contribution in [3.05, 3.63) is 64.8 Å². The fraction of sp³-hybridized carbons (Fsp3) is 0.238. The van der Waals surface area contributed by atoms with Crippen molar-refractivity contribution in [2.24, 2.45) is 0 Å². The molecule has 0 aliphatic rings. The number of nitrogens with zero attached hydrogens (tertiary/aromatic N) is 2. The molecule has 0 unspecified atom stereocenters. The Bertz CT molecular complexity index is 958. The van der Waals surface area contributed by atoms with Crippen molar-refractivity contribution in [2.75, 3.05) is 17.7 Å². The third-order valence-corrected chi connectivity index (χ3v) is 4.67. The summed E-state index contributed by atoms with van der Waals surface area (Å²) in [5.74, 6) is 1.35. The van der Waals surface area contributed by atoms with Gasteiger partial charge in [-0.25, -0.2) is 9.48 Å². The maximum atomic E-state index is 12.5. The van der Waals surface area contributed by atoms with Crippen LogP contribution in [0, 0.1) is 0 Å². The number of hydrogen-bond donors (Lipinski definition) is 2. The molecule has 0 fully saturated rings. The molecule has 2 aromatic carbocycles. The van der Waals surface area contributed by atoms with Crippen molar-refractivity contribution >= 4 is 33.5 Å². The van der Waals surface area contributed by atoms with Gasteiger partial charge in [-0.3, -0.25) is 5.32 Å². The number of anilines is 2. The number of nitrogens with one attached hydrogen (secondary N) is 2. The standard InChI is InChI=1S/C21H23BrN4O2/c1-21(2,3)18-13-19(24-20(27)23-15-7-5-14(22)6-8-15)26(25-18)16-9-11-17(28-4)12-10-16/h5-13H,1-4H3,(H2,23,24,27). The Morgan fingerprint density at radius 3 is 2.25 bits per heavy atom. The van der Waals surface area contributed by atoms with Gasteiger partial charge in [-0.1, -0.05) is 36.7 Å². The Hall–Kier alpha value is -2.80. The number of aromatic nitrogens is 2. The summed E-state index contributed by atoms with van der Waals surface area (Å²) in [7, 11) is 1.63. The molecular weight excluding hydrogens is 420 g/mol. The maximum absolute atomic E-state index is 12.5. The van der Waals surface area contributed by atoms with Crippen LogP contribution >= 0.6 is 15.9 Å². The van der Waals surface area contributed by atoms with Gasteiger partial charge in [-0.15, -0.1) is 0 Å². The molecule has 2 N–H and O–H groups in total. The zero-order valence-electron chi connectivity index (χ0n) is 16.3. The smallest absolute Gasteiger partial charge is 0.324 e. The van der Waals surface area contributed by atoms with Crippen LogP contribution in [-0.2, 0) is 5.41 Å². The number of amides is 2. The minimum absolute atomic E-state index is 0.156. The van der Waals surface area contributed by atoms with E-state index >= 15 is 0 Å². The molecule has 0 radical (unpaired) electrons. The maximum Gasteiger partial charge on any atom is 0.324 e. The number of hydrogen-bond acceptors (Lipinski definition) is 3. The summed E-state index contributed by atoms with van der Waals surface area (Å²) in [6.07, 6.45) is 0. The SMILES string of the molecule is COc1ccc(-n2nc(C(C)(C)C)cc2NC(=O)Nc2ccc(Br)cc2)cc1. The van der Waals surface area contributed by atoms with Crippen LogP contribution in [0.1, 0.15) is 26.5 Å². The number of ether oxygens (including phenoxy) is 1. The molecule has 1 aromatic heterocycles. The lowest BCUT2D eigenvalue weighted by molar-refractivity contribution is 0.262. The number of carbonyl (C=O) groups excluding carboxylic acids is 1. The molecule has 1 heterocycles. The Kier molecular flexibility index (Phi) is 5.74. The lowest BCUT2D eigenvalue weighted by atomic mass is 9.92. The molecule has 6 nitrogen and oxygen atoms in total. The first-order valence-corrected chi connectivity index (χ1v) is 9.64. The van der Waals surface area contributed by atoms with Gasteiger partial charge in [-0.2, -0.15) is 5.10 Å². The minimum atomic E-state index is -0.336. The molecule has 0 spiro atoms. The Labute approximate surface area is 173 Å². The second-order valence-corrected chi connectivity index (χ2v) is 8.28. The molecule has 0 atom stereocenters. The highest BCUT2D eigenvalue weighted by molar-refractivity contribution is 9.10. The van der Waals surface area contributed by atoms with Crippen LogP contribution in [-0.4, -0.2) is 22.9 Å². The lowest BCUT2D eigenvalue weighted by Gasteiger charge is -2.14. The summed E-state index contributed by atoms with van der Waals surface area (Å²) in [5, 5.41) is 10.4. The quantitative estimate of drug-likeness (QED) is 0.553. The van der Waals surface area contributed by atoms with E-state index in [1.807, 2.05) is 54.6 Å². The van der Waals surface area contributed by atoms with Crippen LogP contribution in [0.15, 0.2) is 59.1 Å². The molecule has 7 heteroatoms. The molecule has 2 amide bonds. The van der Waals surface area contributed by atoms with Crippen molar-refractivity contribution in [1.82, 2.24) is 9.78 Å². The van der Waals surface area contributed by atoms with Gasteiger partial charge < -0.3 is 10.1 Å². The zero-order valence-corrected chi connectivity index (χ0v) is 17.9. The predicted molar refractivity (Wildman–Crippen MR) is 116 cm³/mol. The normalized spacial score (nSPS) is 11.2. The van der Waals surface area contributed by atoms with Crippen molar-refractivity contribution in [3.63, 3.8) is 0 Å². The first-order chi connectivity index (χ1) is 13.3. The third kappa shape index (κ3) is 4.72. The molecule has 3 aromatic rings.